The number of rotatable bonds is 5. The van der Waals surface area contributed by atoms with Gasteiger partial charge in [0.2, 0.25) is 17.2 Å². The fraction of sp³-hybridized carbons (Fsp3) is 0.148. The van der Waals surface area contributed by atoms with Crippen molar-refractivity contribution in [3.05, 3.63) is 106 Å². The normalized spacial score (nSPS) is 15.2. The Morgan fingerprint density at radius 1 is 0.875 bits per heavy atom. The van der Waals surface area contributed by atoms with E-state index in [2.05, 4.69) is 0 Å². The molecule has 2 N–H and O–H groups in total. The second-order valence-electron chi connectivity index (χ2n) is 8.15. The van der Waals surface area contributed by atoms with Crippen molar-refractivity contribution >= 4 is 29.2 Å². The molecule has 0 heterocycles. The maximum atomic E-state index is 13.2. The lowest BCUT2D eigenvalue weighted by Gasteiger charge is -2.24. The molecule has 0 radical (unpaired) electrons. The van der Waals surface area contributed by atoms with Gasteiger partial charge in [-0.1, -0.05) is 86.6 Å². The summed E-state index contributed by atoms with van der Waals surface area (Å²) in [5.74, 6) is -2.66. The minimum Gasteiger partial charge on any atom is -0.478 e. The van der Waals surface area contributed by atoms with Crippen LogP contribution in [0.2, 0.25) is 0 Å². The summed E-state index contributed by atoms with van der Waals surface area (Å²) >= 11 is 0. The van der Waals surface area contributed by atoms with E-state index in [9.17, 15) is 24.6 Å². The molecule has 0 bridgehead atoms. The highest BCUT2D eigenvalue weighted by molar-refractivity contribution is 6.33. The number of carbonyl (C=O) groups is 3. The molecule has 0 aliphatic heterocycles. The van der Waals surface area contributed by atoms with Crippen LogP contribution in [0.15, 0.2) is 72.8 Å². The number of hydrogen-bond donors (Lipinski definition) is 2. The fourth-order valence-corrected chi connectivity index (χ4v) is 4.05. The van der Waals surface area contributed by atoms with Crippen LogP contribution in [0.5, 0.6) is 0 Å². The molecule has 0 fully saturated rings. The van der Waals surface area contributed by atoms with Crippen LogP contribution in [0.4, 0.5) is 0 Å². The van der Waals surface area contributed by atoms with Crippen molar-refractivity contribution in [3.63, 3.8) is 0 Å². The van der Waals surface area contributed by atoms with Gasteiger partial charge in [-0.15, -0.1) is 0 Å². The molecule has 3 aromatic carbocycles. The molecule has 0 atom stereocenters. The van der Waals surface area contributed by atoms with Crippen molar-refractivity contribution in [2.45, 2.75) is 25.4 Å². The number of fused-ring (bicyclic) bond motifs is 1. The van der Waals surface area contributed by atoms with Crippen LogP contribution in [0, 0.1) is 0 Å². The van der Waals surface area contributed by atoms with Gasteiger partial charge in [-0.2, -0.15) is 0 Å². The lowest BCUT2D eigenvalue weighted by Crippen LogP contribution is -2.39. The van der Waals surface area contributed by atoms with E-state index in [0.717, 1.165) is 5.56 Å². The number of ketones is 2. The zero-order valence-electron chi connectivity index (χ0n) is 17.7. The number of Topliss-reactive ketones (excluding diaryl/α,β-unsaturated/α-hetero) is 2. The average molecular weight is 426 g/mol. The van der Waals surface area contributed by atoms with Crippen LogP contribution >= 0.6 is 0 Å². The van der Waals surface area contributed by atoms with Crippen molar-refractivity contribution in [3.8, 4) is 0 Å². The third-order valence-electron chi connectivity index (χ3n) is 5.80. The zero-order valence-corrected chi connectivity index (χ0v) is 17.7. The molecular formula is C27H22O5. The third kappa shape index (κ3) is 3.37. The van der Waals surface area contributed by atoms with E-state index >= 15 is 0 Å². The summed E-state index contributed by atoms with van der Waals surface area (Å²) in [5, 5.41) is 21.6. The minimum absolute atomic E-state index is 0.0299. The zero-order chi connectivity index (χ0) is 23.0. The maximum Gasteiger partial charge on any atom is 0.336 e. The van der Waals surface area contributed by atoms with Gasteiger partial charge < -0.3 is 10.2 Å². The SMILES string of the molecule is CC(C)c1ccc(C2(O)C(=O)c3ccccc3C2=O)c(C(=Cc2ccccc2)C(=O)O)c1. The number of benzene rings is 3. The van der Waals surface area contributed by atoms with Gasteiger partial charge >= 0.3 is 5.97 Å². The van der Waals surface area contributed by atoms with E-state index in [1.165, 1.54) is 24.3 Å². The number of carboxylic acids is 1. The van der Waals surface area contributed by atoms with Crippen molar-refractivity contribution in [1.82, 2.24) is 0 Å². The summed E-state index contributed by atoms with van der Waals surface area (Å²) in [7, 11) is 0. The highest BCUT2D eigenvalue weighted by atomic mass is 16.4. The Morgan fingerprint density at radius 3 is 1.97 bits per heavy atom. The van der Waals surface area contributed by atoms with Crippen LogP contribution in [0.1, 0.15) is 62.7 Å². The molecule has 32 heavy (non-hydrogen) atoms. The molecule has 3 aromatic rings. The standard InChI is InChI=1S/C27H22O5/c1-16(2)18-12-13-23(27(32)24(28)19-10-6-7-11-20(19)25(27)29)21(15-18)22(26(30)31)14-17-8-4-3-5-9-17/h3-16,32H,1-2H3,(H,30,31). The van der Waals surface area contributed by atoms with E-state index < -0.39 is 23.1 Å². The van der Waals surface area contributed by atoms with E-state index in [4.69, 9.17) is 0 Å². The molecule has 0 saturated carbocycles. The largest absolute Gasteiger partial charge is 0.478 e. The summed E-state index contributed by atoms with van der Waals surface area (Å²) in [5.41, 5.74) is -0.764. The summed E-state index contributed by atoms with van der Waals surface area (Å²) < 4.78 is 0. The van der Waals surface area contributed by atoms with E-state index in [0.29, 0.717) is 5.56 Å². The number of carboxylic acid groups (broad SMARTS) is 1. The number of carbonyl (C=O) groups excluding carboxylic acids is 2. The first-order chi connectivity index (χ1) is 15.2. The van der Waals surface area contributed by atoms with Crippen molar-refractivity contribution < 1.29 is 24.6 Å². The Hall–Kier alpha value is -3.83. The van der Waals surface area contributed by atoms with Crippen LogP contribution < -0.4 is 0 Å². The van der Waals surface area contributed by atoms with E-state index in [1.807, 2.05) is 19.9 Å². The van der Waals surface area contributed by atoms with E-state index in [1.54, 1.807) is 48.5 Å². The molecular weight excluding hydrogens is 404 g/mol. The van der Waals surface area contributed by atoms with Crippen LogP contribution in [0.25, 0.3) is 11.6 Å². The first-order valence-electron chi connectivity index (χ1n) is 10.3. The predicted octanol–water partition coefficient (Wildman–Crippen LogP) is 4.70. The molecule has 0 unspecified atom stereocenters. The predicted molar refractivity (Wildman–Crippen MR) is 121 cm³/mol. The Morgan fingerprint density at radius 2 is 1.44 bits per heavy atom. The molecule has 0 amide bonds. The van der Waals surface area contributed by atoms with Gasteiger partial charge in [0.15, 0.2) is 0 Å². The first-order valence-corrected chi connectivity index (χ1v) is 10.3. The summed E-state index contributed by atoms with van der Waals surface area (Å²) in [6.45, 7) is 3.91. The summed E-state index contributed by atoms with van der Waals surface area (Å²) in [4.78, 5) is 38.7. The molecule has 1 aliphatic rings. The quantitative estimate of drug-likeness (QED) is 0.350. The van der Waals surface area contributed by atoms with Gasteiger partial charge in [0.1, 0.15) is 0 Å². The third-order valence-corrected chi connectivity index (χ3v) is 5.80. The average Bonchev–Trinajstić information content (AvgIpc) is 2.99. The Balaban J connectivity index is 1.99. The van der Waals surface area contributed by atoms with Gasteiger partial charge in [0.25, 0.3) is 0 Å². The van der Waals surface area contributed by atoms with Gasteiger partial charge in [-0.25, -0.2) is 4.79 Å². The first kappa shape index (κ1) is 21.4. The number of aliphatic hydroxyl groups is 1. The number of aliphatic carboxylic acids is 1. The molecule has 1 aliphatic carbocycles. The van der Waals surface area contributed by atoms with Crippen molar-refractivity contribution in [2.24, 2.45) is 0 Å². The van der Waals surface area contributed by atoms with Gasteiger partial charge in [0, 0.05) is 16.7 Å². The highest BCUT2D eigenvalue weighted by Crippen LogP contribution is 2.41. The molecule has 160 valence electrons. The van der Waals surface area contributed by atoms with Gasteiger partial charge in [0.05, 0.1) is 5.57 Å². The topological polar surface area (TPSA) is 91.7 Å². The van der Waals surface area contributed by atoms with Gasteiger partial charge in [-0.05, 0) is 28.7 Å². The Bertz CT molecular complexity index is 1230. The van der Waals surface area contributed by atoms with Crippen LogP contribution in [-0.2, 0) is 10.4 Å². The molecule has 0 saturated heterocycles. The molecule has 5 nitrogen and oxygen atoms in total. The van der Waals surface area contributed by atoms with Gasteiger partial charge in [-0.3, -0.25) is 9.59 Å². The maximum absolute atomic E-state index is 13.2. The number of hydrogen-bond acceptors (Lipinski definition) is 4. The minimum atomic E-state index is -2.49. The lowest BCUT2D eigenvalue weighted by atomic mass is 9.81. The second kappa shape index (κ2) is 8.02. The fourth-order valence-electron chi connectivity index (χ4n) is 4.05. The van der Waals surface area contributed by atoms with Crippen LogP contribution in [-0.4, -0.2) is 27.7 Å². The van der Waals surface area contributed by atoms with E-state index in [-0.39, 0.29) is 33.7 Å². The highest BCUT2D eigenvalue weighted by Gasteiger charge is 2.54. The smallest absolute Gasteiger partial charge is 0.336 e. The second-order valence-corrected chi connectivity index (χ2v) is 8.15. The molecule has 5 heteroatoms. The Labute approximate surface area is 185 Å². The molecule has 0 spiro atoms. The molecule has 0 aromatic heterocycles. The summed E-state index contributed by atoms with van der Waals surface area (Å²) in [6, 6.07) is 20.0. The Kier molecular flexibility index (Phi) is 5.36. The van der Waals surface area contributed by atoms with Crippen molar-refractivity contribution in [2.75, 3.05) is 0 Å². The summed E-state index contributed by atoms with van der Waals surface area (Å²) in [6.07, 6.45) is 1.48. The van der Waals surface area contributed by atoms with Crippen molar-refractivity contribution in [1.29, 1.82) is 0 Å². The monoisotopic (exact) mass is 426 g/mol. The van der Waals surface area contributed by atoms with Crippen LogP contribution in [0.3, 0.4) is 0 Å². The molecule has 4 rings (SSSR count). The lowest BCUT2D eigenvalue weighted by molar-refractivity contribution is -0.130.